The molecule has 0 aliphatic carbocycles. The molecule has 0 saturated heterocycles. The van der Waals surface area contributed by atoms with Crippen LogP contribution >= 0.6 is 0 Å². The summed E-state index contributed by atoms with van der Waals surface area (Å²) in [6.45, 7) is 2.02. The van der Waals surface area contributed by atoms with E-state index < -0.39 is 26.4 Å². The van der Waals surface area contributed by atoms with Crippen LogP contribution in [0.2, 0.25) is 0 Å². The molecule has 0 heterocycles. The van der Waals surface area contributed by atoms with Gasteiger partial charge in [0.2, 0.25) is 0 Å². The van der Waals surface area contributed by atoms with Crippen LogP contribution in [0.15, 0.2) is 29.2 Å². The maximum absolute atomic E-state index is 11.2. The van der Waals surface area contributed by atoms with Crippen molar-refractivity contribution in [3.63, 3.8) is 0 Å². The summed E-state index contributed by atoms with van der Waals surface area (Å²) in [5.74, 6) is 0. The van der Waals surface area contributed by atoms with Crippen LogP contribution in [0.5, 0.6) is 0 Å². The van der Waals surface area contributed by atoms with Gasteiger partial charge < -0.3 is 4.55 Å². The van der Waals surface area contributed by atoms with Crippen molar-refractivity contribution in [2.75, 3.05) is 0 Å². The van der Waals surface area contributed by atoms with Gasteiger partial charge in [-0.15, -0.1) is 0 Å². The summed E-state index contributed by atoms with van der Waals surface area (Å²) in [5.41, 5.74) is 0.388. The second-order valence-corrected chi connectivity index (χ2v) is 6.80. The van der Waals surface area contributed by atoms with E-state index >= 15 is 0 Å². The van der Waals surface area contributed by atoms with Crippen LogP contribution in [0.3, 0.4) is 0 Å². The highest BCUT2D eigenvalue weighted by molar-refractivity contribution is 7.85. The van der Waals surface area contributed by atoms with Crippen LogP contribution < -0.4 is 0 Å². The second-order valence-electron chi connectivity index (χ2n) is 4.29. The molecular formula is C12H17O5S2-. The number of unbranched alkanes of at least 4 members (excludes halogenated alkanes) is 2. The zero-order chi connectivity index (χ0) is 14.5. The first-order valence-electron chi connectivity index (χ1n) is 6.01. The fraction of sp³-hybridized carbons (Fsp3) is 0.500. The van der Waals surface area contributed by atoms with Gasteiger partial charge >= 0.3 is 0 Å². The van der Waals surface area contributed by atoms with Crippen molar-refractivity contribution in [2.45, 2.75) is 42.8 Å². The van der Waals surface area contributed by atoms with E-state index in [0.717, 1.165) is 19.3 Å². The highest BCUT2D eigenvalue weighted by Gasteiger charge is 2.16. The third-order valence-electron chi connectivity index (χ3n) is 2.83. The molecule has 5 nitrogen and oxygen atoms in total. The van der Waals surface area contributed by atoms with E-state index in [1.165, 1.54) is 18.2 Å². The maximum Gasteiger partial charge on any atom is 0.294 e. The minimum atomic E-state index is -4.31. The molecule has 1 aromatic carbocycles. The Labute approximate surface area is 116 Å². The predicted molar refractivity (Wildman–Crippen MR) is 72.1 cm³/mol. The topological polar surface area (TPSA) is 94.5 Å². The van der Waals surface area contributed by atoms with Crippen molar-refractivity contribution >= 4 is 21.2 Å². The zero-order valence-electron chi connectivity index (χ0n) is 10.6. The molecule has 0 fully saturated rings. The second kappa shape index (κ2) is 7.14. The van der Waals surface area contributed by atoms with E-state index in [0.29, 0.717) is 12.0 Å². The van der Waals surface area contributed by atoms with Gasteiger partial charge in [0, 0.05) is 5.25 Å². The lowest BCUT2D eigenvalue weighted by molar-refractivity contribution is 0.482. The van der Waals surface area contributed by atoms with E-state index in [9.17, 15) is 17.2 Å². The molecule has 7 heteroatoms. The van der Waals surface area contributed by atoms with Crippen molar-refractivity contribution in [3.05, 3.63) is 29.8 Å². The first kappa shape index (κ1) is 16.3. The summed E-state index contributed by atoms with van der Waals surface area (Å²) in [7, 11) is -4.31. The molecule has 0 bridgehead atoms. The summed E-state index contributed by atoms with van der Waals surface area (Å²) < 4.78 is 53.5. The average Bonchev–Trinajstić information content (AvgIpc) is 2.33. The minimum absolute atomic E-state index is 0.282. The molecule has 0 aliphatic heterocycles. The molecule has 0 aromatic heterocycles. The number of hydrogen-bond acceptors (Lipinski definition) is 4. The largest absolute Gasteiger partial charge is 0.772 e. The van der Waals surface area contributed by atoms with Crippen LogP contribution in [0.4, 0.5) is 0 Å². The molecule has 0 aliphatic rings. The van der Waals surface area contributed by atoms with Gasteiger partial charge in [-0.05, 0) is 35.2 Å². The molecule has 0 radical (unpaired) electrons. The Morgan fingerprint density at radius 3 is 2.58 bits per heavy atom. The van der Waals surface area contributed by atoms with E-state index in [-0.39, 0.29) is 4.90 Å². The highest BCUT2D eigenvalue weighted by atomic mass is 32.2. The third kappa shape index (κ3) is 5.02. The molecule has 0 amide bonds. The van der Waals surface area contributed by atoms with Gasteiger partial charge in [-0.25, -0.2) is 0 Å². The van der Waals surface area contributed by atoms with Crippen molar-refractivity contribution in [1.82, 2.24) is 0 Å². The number of hydrogen-bond donors (Lipinski definition) is 1. The summed E-state index contributed by atoms with van der Waals surface area (Å²) in [5, 5.41) is -0.742. The highest BCUT2D eigenvalue weighted by Crippen LogP contribution is 2.27. The smallest absolute Gasteiger partial charge is 0.294 e. The van der Waals surface area contributed by atoms with E-state index in [2.05, 4.69) is 0 Å². The number of rotatable bonds is 7. The standard InChI is InChI=1S/C12H18O5S2/c1-2-3-4-8-12(18(13)14)10-6-5-7-11(9-10)19(15,16)17/h5-7,9,12H,2-4,8H2,1H3,(H,13,14)(H,15,16,17)/p-1. The van der Waals surface area contributed by atoms with Gasteiger partial charge in [0.1, 0.15) is 0 Å². The van der Waals surface area contributed by atoms with Gasteiger partial charge in [0.05, 0.1) is 4.90 Å². The van der Waals surface area contributed by atoms with E-state index in [1.54, 1.807) is 6.07 Å². The lowest BCUT2D eigenvalue weighted by atomic mass is 10.1. The Morgan fingerprint density at radius 2 is 2.05 bits per heavy atom. The fourth-order valence-corrected chi connectivity index (χ4v) is 3.09. The Hall–Kier alpha value is -0.760. The Bertz CT molecular complexity index is 539. The number of benzene rings is 1. The predicted octanol–water partition coefficient (Wildman–Crippen LogP) is 2.43. The quantitative estimate of drug-likeness (QED) is 0.474. The Balaban J connectivity index is 3.00. The molecule has 2 atom stereocenters. The first-order valence-corrected chi connectivity index (χ1v) is 8.59. The van der Waals surface area contributed by atoms with Crippen LogP contribution in [0, 0.1) is 0 Å². The van der Waals surface area contributed by atoms with Crippen LogP contribution in [0.1, 0.15) is 43.4 Å². The average molecular weight is 305 g/mol. The van der Waals surface area contributed by atoms with Crippen molar-refractivity contribution < 1.29 is 21.7 Å². The van der Waals surface area contributed by atoms with Gasteiger partial charge in [0.15, 0.2) is 0 Å². The summed E-state index contributed by atoms with van der Waals surface area (Å²) in [6, 6.07) is 5.43. The van der Waals surface area contributed by atoms with Gasteiger partial charge in [-0.2, -0.15) is 8.42 Å². The molecule has 1 rings (SSSR count). The SMILES string of the molecule is CCCCCC(c1cccc(S(=O)(=O)O)c1)S(=O)[O-]. The monoisotopic (exact) mass is 305 g/mol. The van der Waals surface area contributed by atoms with Gasteiger partial charge in [-0.1, -0.05) is 38.3 Å². The Kier molecular flexibility index (Phi) is 6.12. The van der Waals surface area contributed by atoms with E-state index in [4.69, 9.17) is 4.55 Å². The lowest BCUT2D eigenvalue weighted by Gasteiger charge is -2.20. The summed E-state index contributed by atoms with van der Waals surface area (Å²) in [4.78, 5) is -0.282. The van der Waals surface area contributed by atoms with Crippen molar-refractivity contribution in [1.29, 1.82) is 0 Å². The van der Waals surface area contributed by atoms with Gasteiger partial charge in [-0.3, -0.25) is 8.76 Å². The van der Waals surface area contributed by atoms with Crippen molar-refractivity contribution in [2.24, 2.45) is 0 Å². The molecule has 0 spiro atoms. The lowest BCUT2D eigenvalue weighted by Crippen LogP contribution is -2.08. The molecule has 1 N–H and O–H groups in total. The first-order chi connectivity index (χ1) is 8.86. The zero-order valence-corrected chi connectivity index (χ0v) is 12.2. The molecule has 19 heavy (non-hydrogen) atoms. The molecule has 2 unspecified atom stereocenters. The van der Waals surface area contributed by atoms with E-state index in [1.807, 2.05) is 6.92 Å². The van der Waals surface area contributed by atoms with Crippen LogP contribution in [0.25, 0.3) is 0 Å². The molecule has 0 saturated carbocycles. The van der Waals surface area contributed by atoms with Crippen LogP contribution in [-0.4, -0.2) is 21.7 Å². The van der Waals surface area contributed by atoms with Crippen LogP contribution in [-0.2, 0) is 21.2 Å². The van der Waals surface area contributed by atoms with Crippen molar-refractivity contribution in [3.8, 4) is 0 Å². The molecule has 108 valence electrons. The van der Waals surface area contributed by atoms with Gasteiger partial charge in [0.25, 0.3) is 10.1 Å². The summed E-state index contributed by atoms with van der Waals surface area (Å²) >= 11 is -2.32. The third-order valence-corrected chi connectivity index (χ3v) is 4.65. The normalized spacial score (nSPS) is 15.1. The summed E-state index contributed by atoms with van der Waals surface area (Å²) in [6.07, 6.45) is 3.10. The maximum atomic E-state index is 11.2. The minimum Gasteiger partial charge on any atom is -0.772 e. The molecular weight excluding hydrogens is 288 g/mol. The fourth-order valence-electron chi connectivity index (χ4n) is 1.83. The molecule has 1 aromatic rings. The Morgan fingerprint density at radius 1 is 1.37 bits per heavy atom.